The van der Waals surface area contributed by atoms with Crippen molar-refractivity contribution in [3.8, 4) is 5.75 Å². The lowest BCUT2D eigenvalue weighted by atomic mass is 9.53. The van der Waals surface area contributed by atoms with Gasteiger partial charge in [-0.1, -0.05) is 26.3 Å². The first kappa shape index (κ1) is 21.7. The van der Waals surface area contributed by atoms with Gasteiger partial charge >= 0.3 is 5.97 Å². The van der Waals surface area contributed by atoms with E-state index in [1.165, 1.54) is 24.9 Å². The quantitative estimate of drug-likeness (QED) is 0.510. The van der Waals surface area contributed by atoms with Gasteiger partial charge in [0.1, 0.15) is 17.5 Å². The number of nitrogens with zero attached hydrogens (tertiary/aromatic N) is 2. The fourth-order valence-electron chi connectivity index (χ4n) is 8.09. The van der Waals surface area contributed by atoms with Crippen LogP contribution in [0.2, 0.25) is 0 Å². The largest absolute Gasteiger partial charge is 0.497 e. The van der Waals surface area contributed by atoms with E-state index in [1.54, 1.807) is 7.11 Å². The van der Waals surface area contributed by atoms with Gasteiger partial charge in [-0.05, 0) is 44.2 Å². The first-order valence-electron chi connectivity index (χ1n) is 12.9. The van der Waals surface area contributed by atoms with E-state index < -0.39 is 0 Å². The minimum absolute atomic E-state index is 0.00780. The number of fused-ring (bicyclic) bond motifs is 2. The Morgan fingerprint density at radius 1 is 1.24 bits per heavy atom. The molecule has 2 aliphatic carbocycles. The van der Waals surface area contributed by atoms with Gasteiger partial charge in [-0.2, -0.15) is 0 Å². The molecule has 1 aromatic rings. The summed E-state index contributed by atoms with van der Waals surface area (Å²) >= 11 is 0. The monoisotopic (exact) mass is 454 g/mol. The highest BCUT2D eigenvalue weighted by Crippen LogP contribution is 2.70. The van der Waals surface area contributed by atoms with Gasteiger partial charge < -0.3 is 19.1 Å². The molecule has 0 amide bonds. The van der Waals surface area contributed by atoms with Crippen LogP contribution in [0.1, 0.15) is 46.5 Å². The Kier molecular flexibility index (Phi) is 5.01. The number of hydrogen-bond donors (Lipinski definition) is 0. The molecule has 0 radical (unpaired) electrons. The summed E-state index contributed by atoms with van der Waals surface area (Å²) in [6.45, 7) is 10.7. The van der Waals surface area contributed by atoms with E-state index in [4.69, 9.17) is 14.2 Å². The highest BCUT2D eigenvalue weighted by atomic mass is 16.6. The van der Waals surface area contributed by atoms with Crippen molar-refractivity contribution >= 4 is 11.7 Å². The Bertz CT molecular complexity index is 938. The number of rotatable bonds is 4. The van der Waals surface area contributed by atoms with Gasteiger partial charge in [-0.25, -0.2) is 0 Å². The molecular formula is C27H38N2O4. The van der Waals surface area contributed by atoms with Crippen LogP contribution in [0.15, 0.2) is 24.3 Å². The standard InChI is InChI=1S/C27H38N2O4/c1-17-7-6-10-26(3)14-22-23(24-27(17,26)33-24)21(25(30)32-22)16-28-11-12-29(18(2)15-28)19-8-5-9-20(13-19)31-4/h5,8-9,13,17-18,21-24H,6-7,10-12,14-16H2,1-4H3/t17-,18+,21+,22+,23+,24-,26+,27+/m0/s1. The molecule has 5 fully saturated rings. The number of epoxide rings is 1. The molecule has 6 rings (SSSR count). The third kappa shape index (κ3) is 3.16. The van der Waals surface area contributed by atoms with E-state index >= 15 is 0 Å². The summed E-state index contributed by atoms with van der Waals surface area (Å²) in [4.78, 5) is 18.0. The molecule has 3 saturated heterocycles. The van der Waals surface area contributed by atoms with Gasteiger partial charge in [0.15, 0.2) is 0 Å². The zero-order valence-electron chi connectivity index (χ0n) is 20.5. The summed E-state index contributed by atoms with van der Waals surface area (Å²) in [6, 6.07) is 8.68. The van der Waals surface area contributed by atoms with Crippen LogP contribution in [0.4, 0.5) is 5.69 Å². The van der Waals surface area contributed by atoms with Crippen molar-refractivity contribution in [3.63, 3.8) is 0 Å². The molecule has 33 heavy (non-hydrogen) atoms. The first-order valence-corrected chi connectivity index (χ1v) is 12.9. The van der Waals surface area contributed by atoms with E-state index in [1.807, 2.05) is 6.07 Å². The molecule has 0 bridgehead atoms. The summed E-state index contributed by atoms with van der Waals surface area (Å²) in [5, 5.41) is 0. The molecular weight excluding hydrogens is 416 g/mol. The number of esters is 1. The molecule has 8 atom stereocenters. The second kappa shape index (κ2) is 7.61. The molecule has 3 aliphatic heterocycles. The maximum absolute atomic E-state index is 13.1. The van der Waals surface area contributed by atoms with Crippen molar-refractivity contribution in [1.82, 2.24) is 4.90 Å². The highest BCUT2D eigenvalue weighted by molar-refractivity contribution is 5.76. The molecule has 3 heterocycles. The number of benzene rings is 1. The van der Waals surface area contributed by atoms with E-state index in [0.717, 1.165) is 38.3 Å². The third-order valence-corrected chi connectivity index (χ3v) is 9.75. The van der Waals surface area contributed by atoms with Crippen molar-refractivity contribution in [3.05, 3.63) is 24.3 Å². The van der Waals surface area contributed by atoms with Crippen molar-refractivity contribution in [1.29, 1.82) is 0 Å². The molecule has 1 spiro atoms. The second-order valence-electron chi connectivity index (χ2n) is 11.6. The number of hydrogen-bond acceptors (Lipinski definition) is 6. The van der Waals surface area contributed by atoms with Crippen LogP contribution in [0.3, 0.4) is 0 Å². The number of ether oxygens (including phenoxy) is 3. The predicted octanol–water partition coefficient (Wildman–Crippen LogP) is 3.73. The maximum atomic E-state index is 13.1. The normalized spacial score (nSPS) is 44.5. The number of piperazine rings is 1. The Hall–Kier alpha value is -1.79. The summed E-state index contributed by atoms with van der Waals surface area (Å²) in [5.41, 5.74) is 1.34. The van der Waals surface area contributed by atoms with Gasteiger partial charge in [-0.15, -0.1) is 0 Å². The second-order valence-corrected chi connectivity index (χ2v) is 11.6. The van der Waals surface area contributed by atoms with E-state index in [2.05, 4.69) is 48.8 Å². The first-order chi connectivity index (χ1) is 15.9. The lowest BCUT2D eigenvalue weighted by Gasteiger charge is -2.49. The van der Waals surface area contributed by atoms with Gasteiger partial charge in [0, 0.05) is 55.3 Å². The number of methoxy groups -OCH3 is 1. The van der Waals surface area contributed by atoms with Gasteiger partial charge in [-0.3, -0.25) is 9.69 Å². The van der Waals surface area contributed by atoms with E-state index in [-0.39, 0.29) is 41.0 Å². The summed E-state index contributed by atoms with van der Waals surface area (Å²) in [7, 11) is 1.71. The molecule has 1 aromatic carbocycles. The van der Waals surface area contributed by atoms with E-state index in [0.29, 0.717) is 12.0 Å². The SMILES string of the molecule is COc1cccc(N2CCN(C[C@H]3C(=O)O[C@@H]4C[C@@]5(C)CCC[C@H](C)[C@]56O[C@H]6[C@@H]43)C[C@H]2C)c1. The topological polar surface area (TPSA) is 54.5 Å². The lowest BCUT2D eigenvalue weighted by Crippen LogP contribution is -2.56. The third-order valence-electron chi connectivity index (χ3n) is 9.75. The summed E-state index contributed by atoms with van der Waals surface area (Å²) < 4.78 is 18.1. The molecule has 0 N–H and O–H groups in total. The Balaban J connectivity index is 1.15. The fourth-order valence-corrected chi connectivity index (χ4v) is 8.09. The van der Waals surface area contributed by atoms with Crippen molar-refractivity contribution in [2.75, 3.05) is 38.2 Å². The van der Waals surface area contributed by atoms with Crippen LogP contribution in [-0.2, 0) is 14.3 Å². The predicted molar refractivity (Wildman–Crippen MR) is 126 cm³/mol. The number of carbonyl (C=O) groups is 1. The van der Waals surface area contributed by atoms with Crippen LogP contribution in [0, 0.1) is 23.2 Å². The zero-order chi connectivity index (χ0) is 23.0. The van der Waals surface area contributed by atoms with Crippen LogP contribution in [0.5, 0.6) is 5.75 Å². The molecule has 180 valence electrons. The minimum atomic E-state index is -0.0615. The molecule has 6 nitrogen and oxygen atoms in total. The molecule has 5 aliphatic rings. The number of anilines is 1. The van der Waals surface area contributed by atoms with Gasteiger partial charge in [0.2, 0.25) is 0 Å². The lowest BCUT2D eigenvalue weighted by molar-refractivity contribution is -0.146. The minimum Gasteiger partial charge on any atom is -0.497 e. The summed E-state index contributed by atoms with van der Waals surface area (Å²) in [6.07, 6.45) is 4.91. The Morgan fingerprint density at radius 2 is 2.09 bits per heavy atom. The van der Waals surface area contributed by atoms with Gasteiger partial charge in [0.05, 0.1) is 19.1 Å². The van der Waals surface area contributed by atoms with Crippen LogP contribution in [0.25, 0.3) is 0 Å². The van der Waals surface area contributed by atoms with Crippen LogP contribution < -0.4 is 9.64 Å². The van der Waals surface area contributed by atoms with Crippen LogP contribution in [-0.4, -0.2) is 68.0 Å². The average Bonchev–Trinajstić information content (AvgIpc) is 3.48. The average molecular weight is 455 g/mol. The van der Waals surface area contributed by atoms with Crippen LogP contribution >= 0.6 is 0 Å². The molecule has 2 saturated carbocycles. The highest BCUT2D eigenvalue weighted by Gasteiger charge is 2.78. The van der Waals surface area contributed by atoms with Crippen molar-refractivity contribution in [2.45, 2.75) is 70.3 Å². The Labute approximate surface area is 197 Å². The maximum Gasteiger partial charge on any atom is 0.311 e. The zero-order valence-corrected chi connectivity index (χ0v) is 20.5. The van der Waals surface area contributed by atoms with Crippen molar-refractivity contribution in [2.24, 2.45) is 23.2 Å². The summed E-state index contributed by atoms with van der Waals surface area (Å²) in [5.74, 6) is 1.63. The molecule has 0 unspecified atom stereocenters. The van der Waals surface area contributed by atoms with Gasteiger partial charge in [0.25, 0.3) is 0 Å². The smallest absolute Gasteiger partial charge is 0.311 e. The number of carbonyl (C=O) groups excluding carboxylic acids is 1. The Morgan fingerprint density at radius 3 is 2.88 bits per heavy atom. The van der Waals surface area contributed by atoms with Crippen molar-refractivity contribution < 1.29 is 19.0 Å². The van der Waals surface area contributed by atoms with E-state index in [9.17, 15) is 4.79 Å². The fraction of sp³-hybridized carbons (Fsp3) is 0.741. The molecule has 0 aromatic heterocycles. The molecule has 6 heteroatoms.